The summed E-state index contributed by atoms with van der Waals surface area (Å²) >= 11 is 0. The summed E-state index contributed by atoms with van der Waals surface area (Å²) in [6.45, 7) is 5.67. The zero-order valence-electron chi connectivity index (χ0n) is 10.8. The Bertz CT molecular complexity index is 407. The van der Waals surface area contributed by atoms with Crippen LogP contribution in [-0.2, 0) is 11.2 Å². The number of carbonyl (C=O) groups excluding carboxylic acids is 1. The summed E-state index contributed by atoms with van der Waals surface area (Å²) in [7, 11) is 0. The second kappa shape index (κ2) is 5.46. The summed E-state index contributed by atoms with van der Waals surface area (Å²) in [5.74, 6) is 1.13. The minimum Gasteiger partial charge on any atom is -0.310 e. The summed E-state index contributed by atoms with van der Waals surface area (Å²) in [6.07, 6.45) is 3.22. The van der Waals surface area contributed by atoms with Crippen molar-refractivity contribution in [1.29, 1.82) is 0 Å². The molecule has 0 aliphatic heterocycles. The van der Waals surface area contributed by atoms with Crippen LogP contribution in [0.5, 0.6) is 0 Å². The predicted molar refractivity (Wildman–Crippen MR) is 70.2 cm³/mol. The summed E-state index contributed by atoms with van der Waals surface area (Å²) in [5, 5.41) is 3.25. The molecule has 1 aromatic carbocycles. The van der Waals surface area contributed by atoms with Crippen molar-refractivity contribution in [3.8, 4) is 0 Å². The van der Waals surface area contributed by atoms with Crippen LogP contribution >= 0.6 is 0 Å². The first kappa shape index (κ1) is 12.3. The maximum atomic E-state index is 11.8. The van der Waals surface area contributed by atoms with Gasteiger partial charge in [-0.05, 0) is 50.3 Å². The zero-order valence-corrected chi connectivity index (χ0v) is 10.8. The van der Waals surface area contributed by atoms with Crippen LogP contribution in [0.25, 0.3) is 0 Å². The molecular formula is C15H21NO. The number of hydrogen-bond acceptors (Lipinski definition) is 2. The Kier molecular flexibility index (Phi) is 3.95. The standard InChI is InChI=1S/C15H21NO/c1-11-3-4-12(2)14(7-11)8-15(17)10-16-9-13-5-6-13/h3-4,7,13,16H,5-6,8-10H2,1-2H3. The molecule has 0 atom stereocenters. The number of nitrogens with one attached hydrogen (secondary N) is 1. The Morgan fingerprint density at radius 3 is 2.82 bits per heavy atom. The van der Waals surface area contributed by atoms with Crippen molar-refractivity contribution in [2.75, 3.05) is 13.1 Å². The Morgan fingerprint density at radius 2 is 2.12 bits per heavy atom. The van der Waals surface area contributed by atoms with Crippen molar-refractivity contribution in [2.45, 2.75) is 33.1 Å². The lowest BCUT2D eigenvalue weighted by atomic mass is 10.0. The van der Waals surface area contributed by atoms with Gasteiger partial charge in [-0.1, -0.05) is 23.8 Å². The second-order valence-electron chi connectivity index (χ2n) is 5.22. The van der Waals surface area contributed by atoms with Crippen LogP contribution in [0.3, 0.4) is 0 Å². The summed E-state index contributed by atoms with van der Waals surface area (Å²) in [5.41, 5.74) is 3.61. The highest BCUT2D eigenvalue weighted by Crippen LogP contribution is 2.27. The van der Waals surface area contributed by atoms with E-state index in [0.717, 1.165) is 12.5 Å². The molecule has 2 rings (SSSR count). The third-order valence-electron chi connectivity index (χ3n) is 3.34. The number of Topliss-reactive ketones (excluding diaryl/α,β-unsaturated/α-hetero) is 1. The normalized spacial score (nSPS) is 14.9. The highest BCUT2D eigenvalue weighted by molar-refractivity contribution is 5.83. The first-order valence-electron chi connectivity index (χ1n) is 6.43. The van der Waals surface area contributed by atoms with Crippen molar-refractivity contribution < 1.29 is 4.79 Å². The number of rotatable bonds is 6. The van der Waals surface area contributed by atoms with Gasteiger partial charge in [-0.25, -0.2) is 0 Å². The first-order valence-corrected chi connectivity index (χ1v) is 6.43. The van der Waals surface area contributed by atoms with E-state index in [-0.39, 0.29) is 0 Å². The van der Waals surface area contributed by atoms with E-state index < -0.39 is 0 Å². The van der Waals surface area contributed by atoms with Crippen molar-refractivity contribution in [3.05, 3.63) is 34.9 Å². The van der Waals surface area contributed by atoms with Crippen LogP contribution in [0.15, 0.2) is 18.2 Å². The predicted octanol–water partition coefficient (Wildman–Crippen LogP) is 2.41. The molecule has 0 spiro atoms. The SMILES string of the molecule is Cc1ccc(C)c(CC(=O)CNCC2CC2)c1. The monoisotopic (exact) mass is 231 g/mol. The van der Waals surface area contributed by atoms with E-state index in [0.29, 0.717) is 18.7 Å². The van der Waals surface area contributed by atoms with Gasteiger partial charge in [0.1, 0.15) is 0 Å². The number of hydrogen-bond donors (Lipinski definition) is 1. The molecular weight excluding hydrogens is 210 g/mol. The van der Waals surface area contributed by atoms with Gasteiger partial charge >= 0.3 is 0 Å². The molecule has 0 bridgehead atoms. The van der Waals surface area contributed by atoms with Crippen LogP contribution in [0.1, 0.15) is 29.5 Å². The molecule has 92 valence electrons. The molecule has 1 N–H and O–H groups in total. The molecule has 1 aliphatic carbocycles. The molecule has 1 fully saturated rings. The highest BCUT2D eigenvalue weighted by Gasteiger charge is 2.20. The molecule has 0 aromatic heterocycles. The minimum absolute atomic E-state index is 0.291. The number of carbonyl (C=O) groups is 1. The molecule has 2 heteroatoms. The van der Waals surface area contributed by atoms with E-state index >= 15 is 0 Å². The first-order chi connectivity index (χ1) is 8.15. The molecule has 17 heavy (non-hydrogen) atoms. The van der Waals surface area contributed by atoms with E-state index in [1.807, 2.05) is 0 Å². The third-order valence-corrected chi connectivity index (χ3v) is 3.34. The van der Waals surface area contributed by atoms with Crippen LogP contribution in [0.2, 0.25) is 0 Å². The third kappa shape index (κ3) is 3.97. The fraction of sp³-hybridized carbons (Fsp3) is 0.533. The molecule has 1 aliphatic rings. The van der Waals surface area contributed by atoms with Crippen molar-refractivity contribution in [2.24, 2.45) is 5.92 Å². The van der Waals surface area contributed by atoms with E-state index in [9.17, 15) is 4.79 Å². The summed E-state index contributed by atoms with van der Waals surface area (Å²) in [6, 6.07) is 6.30. The second-order valence-corrected chi connectivity index (χ2v) is 5.22. The number of benzene rings is 1. The van der Waals surface area contributed by atoms with E-state index in [1.165, 1.54) is 29.5 Å². The van der Waals surface area contributed by atoms with Crippen LogP contribution in [0, 0.1) is 19.8 Å². The van der Waals surface area contributed by atoms with E-state index in [2.05, 4.69) is 37.4 Å². The minimum atomic E-state index is 0.291. The van der Waals surface area contributed by atoms with Gasteiger partial charge in [0.2, 0.25) is 0 Å². The van der Waals surface area contributed by atoms with Gasteiger partial charge in [0.05, 0.1) is 6.54 Å². The Labute approximate surface area is 103 Å². The average Bonchev–Trinajstić information content (AvgIpc) is 3.07. The average molecular weight is 231 g/mol. The Hall–Kier alpha value is -1.15. The fourth-order valence-corrected chi connectivity index (χ4v) is 2.00. The highest BCUT2D eigenvalue weighted by atomic mass is 16.1. The van der Waals surface area contributed by atoms with Gasteiger partial charge in [0, 0.05) is 6.42 Å². The quantitative estimate of drug-likeness (QED) is 0.814. The molecule has 0 heterocycles. The lowest BCUT2D eigenvalue weighted by Gasteiger charge is -2.07. The maximum Gasteiger partial charge on any atom is 0.150 e. The van der Waals surface area contributed by atoms with Crippen molar-refractivity contribution in [1.82, 2.24) is 5.32 Å². The zero-order chi connectivity index (χ0) is 12.3. The molecule has 0 amide bonds. The largest absolute Gasteiger partial charge is 0.310 e. The maximum absolute atomic E-state index is 11.8. The van der Waals surface area contributed by atoms with Gasteiger partial charge in [-0.15, -0.1) is 0 Å². The summed E-state index contributed by atoms with van der Waals surface area (Å²) < 4.78 is 0. The van der Waals surface area contributed by atoms with Gasteiger partial charge in [0.15, 0.2) is 5.78 Å². The molecule has 1 saturated carbocycles. The van der Waals surface area contributed by atoms with Gasteiger partial charge in [-0.2, -0.15) is 0 Å². The van der Waals surface area contributed by atoms with Gasteiger partial charge in [-0.3, -0.25) is 4.79 Å². The Morgan fingerprint density at radius 1 is 1.35 bits per heavy atom. The Balaban J connectivity index is 1.81. The lowest BCUT2D eigenvalue weighted by molar-refractivity contribution is -0.117. The topological polar surface area (TPSA) is 29.1 Å². The van der Waals surface area contributed by atoms with Crippen molar-refractivity contribution >= 4 is 5.78 Å². The number of ketones is 1. The molecule has 1 aromatic rings. The lowest BCUT2D eigenvalue weighted by Crippen LogP contribution is -2.26. The molecule has 0 unspecified atom stereocenters. The van der Waals surface area contributed by atoms with Crippen molar-refractivity contribution in [3.63, 3.8) is 0 Å². The van der Waals surface area contributed by atoms with Gasteiger partial charge in [0.25, 0.3) is 0 Å². The smallest absolute Gasteiger partial charge is 0.150 e. The van der Waals surface area contributed by atoms with Crippen LogP contribution < -0.4 is 5.32 Å². The van der Waals surface area contributed by atoms with Crippen LogP contribution in [0.4, 0.5) is 0 Å². The van der Waals surface area contributed by atoms with Crippen LogP contribution in [-0.4, -0.2) is 18.9 Å². The number of aryl methyl sites for hydroxylation is 2. The van der Waals surface area contributed by atoms with E-state index in [4.69, 9.17) is 0 Å². The van der Waals surface area contributed by atoms with E-state index in [1.54, 1.807) is 0 Å². The fourth-order valence-electron chi connectivity index (χ4n) is 2.00. The molecule has 0 saturated heterocycles. The summed E-state index contributed by atoms with van der Waals surface area (Å²) in [4.78, 5) is 11.8. The van der Waals surface area contributed by atoms with Gasteiger partial charge < -0.3 is 5.32 Å². The molecule has 2 nitrogen and oxygen atoms in total. The molecule has 0 radical (unpaired) electrons.